The number of hydrogen-bond donors (Lipinski definition) is 0. The second-order valence-electron chi connectivity index (χ2n) is 0.408. The van der Waals surface area contributed by atoms with E-state index in [4.69, 9.17) is 17.5 Å². The van der Waals surface area contributed by atoms with Crippen LogP contribution in [0.15, 0.2) is 0 Å². The summed E-state index contributed by atoms with van der Waals surface area (Å²) in [5.41, 5.74) is 0. The number of rotatable bonds is 0. The minimum Gasteiger partial charge on any atom is -1.00 e. The summed E-state index contributed by atoms with van der Waals surface area (Å²) in [5.74, 6) is 0. The Bertz CT molecular complexity index is 97.2. The van der Waals surface area contributed by atoms with Crippen molar-refractivity contribution < 1.29 is 41.5 Å². The summed E-state index contributed by atoms with van der Waals surface area (Å²) in [6.07, 6.45) is 0. The van der Waals surface area contributed by atoms with Gasteiger partial charge in [0.2, 0.25) is 0 Å². The van der Waals surface area contributed by atoms with Gasteiger partial charge in [0, 0.05) is 10.4 Å². The van der Waals surface area contributed by atoms with Gasteiger partial charge in [-0.05, 0) is 0 Å². The topological polar surface area (TPSA) is 80.3 Å². The predicted molar refractivity (Wildman–Crippen MR) is 22.0 cm³/mol. The van der Waals surface area contributed by atoms with E-state index in [1.165, 1.54) is 0 Å². The van der Waals surface area contributed by atoms with Crippen molar-refractivity contribution >= 4 is 56.5 Å². The Morgan fingerprint density at radius 2 is 1.00 bits per heavy atom. The maximum Gasteiger partial charge on any atom is 2.00 e. The van der Waals surface area contributed by atoms with Gasteiger partial charge in [0.25, 0.3) is 0 Å². The maximum atomic E-state index is 8.52. The number of halogens is 1. The molecule has 0 unspecified atom stereocenters. The molecule has 0 radical (unpaired) electrons. The van der Waals surface area contributed by atoms with Crippen LogP contribution in [-0.2, 0) is 10.4 Å². The van der Waals surface area contributed by atoms with Crippen molar-refractivity contribution in [1.29, 1.82) is 0 Å². The molecule has 0 aromatic rings. The molecule has 0 bridgehead atoms. The summed E-state index contributed by atoms with van der Waals surface area (Å²) in [4.78, 5) is 0. The van der Waals surface area contributed by atoms with Crippen LogP contribution in [0.1, 0.15) is 0 Å². The van der Waals surface area contributed by atoms with E-state index in [2.05, 4.69) is 0 Å². The third kappa shape index (κ3) is 91.0. The minimum absolute atomic E-state index is 0. The Labute approximate surface area is 96.7 Å². The molecule has 0 saturated heterocycles. The molecular weight excluding hydrogens is 272 g/mol. The first-order valence-corrected chi connectivity index (χ1v) is 2.00. The first-order valence-electron chi connectivity index (χ1n) is 0.667. The standard InChI is InChI=1S/HI.2Mg.H2O4S/c;;;1-5(2,3)4/h1H;;;(H2,1,2,3,4)/q;2*+2;/p-3. The Hall–Kier alpha value is 2.13. The van der Waals surface area contributed by atoms with Crippen molar-refractivity contribution in [3.05, 3.63) is 0 Å². The zero-order valence-corrected chi connectivity index (χ0v) is 9.64. The van der Waals surface area contributed by atoms with Crippen LogP contribution in [0.3, 0.4) is 0 Å². The summed E-state index contributed by atoms with van der Waals surface area (Å²) in [5, 5.41) is 0. The van der Waals surface area contributed by atoms with Gasteiger partial charge < -0.3 is 33.1 Å². The van der Waals surface area contributed by atoms with E-state index in [1.54, 1.807) is 0 Å². The fourth-order valence-electron chi connectivity index (χ4n) is 0. The molecular formula is IMg2O4S+. The molecule has 0 aromatic heterocycles. The van der Waals surface area contributed by atoms with Crippen molar-refractivity contribution in [2.45, 2.75) is 0 Å². The fourth-order valence-corrected chi connectivity index (χ4v) is 0. The predicted octanol–water partition coefficient (Wildman–Crippen LogP) is -5.10. The van der Waals surface area contributed by atoms with Gasteiger partial charge in [-0.3, -0.25) is 8.42 Å². The monoisotopic (exact) mass is 271 g/mol. The zero-order chi connectivity index (χ0) is 4.50. The largest absolute Gasteiger partial charge is 2.00 e. The summed E-state index contributed by atoms with van der Waals surface area (Å²) in [6, 6.07) is 0. The third-order valence-corrected chi connectivity index (χ3v) is 0. The van der Waals surface area contributed by atoms with E-state index < -0.39 is 10.4 Å². The molecule has 40 valence electrons. The second-order valence-corrected chi connectivity index (χ2v) is 1.22. The van der Waals surface area contributed by atoms with Crippen LogP contribution in [0.4, 0.5) is 0 Å². The van der Waals surface area contributed by atoms with Crippen molar-refractivity contribution in [2.75, 3.05) is 0 Å². The van der Waals surface area contributed by atoms with Gasteiger partial charge in [-0.1, -0.05) is 0 Å². The van der Waals surface area contributed by atoms with Gasteiger partial charge in [0.15, 0.2) is 0 Å². The van der Waals surface area contributed by atoms with Crippen molar-refractivity contribution in [3.8, 4) is 0 Å². The summed E-state index contributed by atoms with van der Waals surface area (Å²) in [7, 11) is -5.17. The van der Waals surface area contributed by atoms with Gasteiger partial charge in [-0.2, -0.15) is 0 Å². The van der Waals surface area contributed by atoms with Gasteiger partial charge in [-0.15, -0.1) is 0 Å². The Kier molecular flexibility index (Phi) is 25.7. The normalized spacial score (nSPS) is 7.25. The molecule has 0 atom stereocenters. The van der Waals surface area contributed by atoms with E-state index in [9.17, 15) is 0 Å². The summed E-state index contributed by atoms with van der Waals surface area (Å²) < 4.78 is 34.1. The van der Waals surface area contributed by atoms with Crippen LogP contribution in [0.25, 0.3) is 0 Å². The zero-order valence-electron chi connectivity index (χ0n) is 3.83. The average Bonchev–Trinajstić information content (AvgIpc) is 0.722. The average molecular weight is 272 g/mol. The maximum absolute atomic E-state index is 8.52. The first kappa shape index (κ1) is 22.5. The molecule has 8 heteroatoms. The molecule has 0 spiro atoms. The van der Waals surface area contributed by atoms with Crippen LogP contribution in [-0.4, -0.2) is 63.6 Å². The van der Waals surface area contributed by atoms with Crippen molar-refractivity contribution in [3.63, 3.8) is 0 Å². The smallest absolute Gasteiger partial charge is 1.00 e. The van der Waals surface area contributed by atoms with E-state index in [0.29, 0.717) is 0 Å². The molecule has 4 nitrogen and oxygen atoms in total. The van der Waals surface area contributed by atoms with Gasteiger partial charge >= 0.3 is 46.1 Å². The molecule has 8 heavy (non-hydrogen) atoms. The molecule has 0 aliphatic carbocycles. The van der Waals surface area contributed by atoms with E-state index in [1.807, 2.05) is 0 Å². The quantitative estimate of drug-likeness (QED) is 0.191. The molecule has 0 rings (SSSR count). The molecule has 0 amide bonds. The summed E-state index contributed by atoms with van der Waals surface area (Å²) >= 11 is 0. The van der Waals surface area contributed by atoms with Crippen LogP contribution in [0.2, 0.25) is 0 Å². The molecule has 0 heterocycles. The fraction of sp³-hybridized carbons (Fsp3) is 0. The molecule has 0 N–H and O–H groups in total. The van der Waals surface area contributed by atoms with E-state index in [-0.39, 0.29) is 70.1 Å². The Morgan fingerprint density at radius 3 is 1.00 bits per heavy atom. The van der Waals surface area contributed by atoms with Crippen molar-refractivity contribution in [1.82, 2.24) is 0 Å². The third-order valence-electron chi connectivity index (χ3n) is 0. The molecule has 0 aliphatic heterocycles. The Morgan fingerprint density at radius 1 is 1.00 bits per heavy atom. The van der Waals surface area contributed by atoms with E-state index in [0.717, 1.165) is 0 Å². The first-order chi connectivity index (χ1) is 2.00. The van der Waals surface area contributed by atoms with E-state index >= 15 is 0 Å². The van der Waals surface area contributed by atoms with Crippen LogP contribution in [0, 0.1) is 0 Å². The molecule has 0 saturated carbocycles. The SMILES string of the molecule is O=S(=O)([O-])[O-].[I-].[Mg+2].[Mg+2]. The van der Waals surface area contributed by atoms with Crippen LogP contribution in [0.5, 0.6) is 0 Å². The molecule has 0 aliphatic rings. The van der Waals surface area contributed by atoms with Gasteiger partial charge in [0.1, 0.15) is 0 Å². The van der Waals surface area contributed by atoms with Gasteiger partial charge in [0.05, 0.1) is 0 Å². The second kappa shape index (κ2) is 9.13. The number of hydrogen-bond acceptors (Lipinski definition) is 4. The molecule has 0 aromatic carbocycles. The summed E-state index contributed by atoms with van der Waals surface area (Å²) in [6.45, 7) is 0. The minimum atomic E-state index is -5.17. The Balaban J connectivity index is -0.0000000267. The van der Waals surface area contributed by atoms with Crippen LogP contribution < -0.4 is 24.0 Å². The van der Waals surface area contributed by atoms with Crippen LogP contribution >= 0.6 is 0 Å². The van der Waals surface area contributed by atoms with Gasteiger partial charge in [-0.25, -0.2) is 0 Å². The van der Waals surface area contributed by atoms with Crippen molar-refractivity contribution in [2.24, 2.45) is 0 Å². The molecule has 0 fully saturated rings.